The molecule has 0 radical (unpaired) electrons. The Kier molecular flexibility index (Phi) is 8.56. The van der Waals surface area contributed by atoms with E-state index in [-0.39, 0.29) is 12.5 Å². The highest BCUT2D eigenvalue weighted by molar-refractivity contribution is 7.92. The Morgan fingerprint density at radius 2 is 1.66 bits per heavy atom. The zero-order valence-corrected chi connectivity index (χ0v) is 21.0. The molecule has 1 N–H and O–H groups in total. The summed E-state index contributed by atoms with van der Waals surface area (Å²) in [5, 5.41) is 3.30. The third kappa shape index (κ3) is 6.60. The molecule has 0 unspecified atom stereocenters. The number of carbonyl (C=O) groups is 2. The summed E-state index contributed by atoms with van der Waals surface area (Å²) in [6.45, 7) is 4.81. The van der Waals surface area contributed by atoms with Gasteiger partial charge in [0.1, 0.15) is 12.6 Å². The minimum atomic E-state index is -3.78. The second kappa shape index (κ2) is 10.6. The van der Waals surface area contributed by atoms with Crippen LogP contribution in [0.15, 0.2) is 36.4 Å². The van der Waals surface area contributed by atoms with E-state index in [1.54, 1.807) is 37.3 Å². The topological polar surface area (TPSA) is 86.8 Å². The molecule has 0 aliphatic rings. The number of likely N-dealkylation sites (N-methyl/N-ethyl adjacent to an activating group) is 1. The smallest absolute Gasteiger partial charge is 0.244 e. The number of aryl methyl sites for hydroxylation is 2. The molecule has 7 nitrogen and oxygen atoms in total. The van der Waals surface area contributed by atoms with E-state index in [1.807, 2.05) is 19.9 Å². The van der Waals surface area contributed by atoms with Crippen LogP contribution in [0.1, 0.15) is 23.6 Å². The first-order valence-corrected chi connectivity index (χ1v) is 12.4. The van der Waals surface area contributed by atoms with E-state index in [0.717, 1.165) is 21.7 Å². The predicted molar refractivity (Wildman–Crippen MR) is 129 cm³/mol. The summed E-state index contributed by atoms with van der Waals surface area (Å²) < 4.78 is 26.2. The predicted octanol–water partition coefficient (Wildman–Crippen LogP) is 3.54. The Morgan fingerprint density at radius 3 is 2.16 bits per heavy atom. The van der Waals surface area contributed by atoms with Crippen LogP contribution in [0.4, 0.5) is 5.69 Å². The molecule has 0 saturated heterocycles. The second-order valence-corrected chi connectivity index (χ2v) is 10.4. The molecule has 0 aliphatic carbocycles. The Morgan fingerprint density at radius 1 is 1.06 bits per heavy atom. The molecule has 174 valence electrons. The van der Waals surface area contributed by atoms with E-state index in [4.69, 9.17) is 23.2 Å². The highest BCUT2D eigenvalue weighted by Crippen LogP contribution is 2.25. The summed E-state index contributed by atoms with van der Waals surface area (Å²) in [5.41, 5.74) is 2.70. The number of benzene rings is 2. The fourth-order valence-corrected chi connectivity index (χ4v) is 4.63. The number of hydrogen-bond donors (Lipinski definition) is 1. The number of nitrogens with one attached hydrogen (secondary N) is 1. The highest BCUT2D eigenvalue weighted by Gasteiger charge is 2.30. The summed E-state index contributed by atoms with van der Waals surface area (Å²) in [7, 11) is -2.31. The lowest BCUT2D eigenvalue weighted by molar-refractivity contribution is -0.139. The van der Waals surface area contributed by atoms with Gasteiger partial charge in [-0.25, -0.2) is 8.42 Å². The number of hydrogen-bond acceptors (Lipinski definition) is 4. The van der Waals surface area contributed by atoms with Crippen molar-refractivity contribution in [2.75, 3.05) is 24.2 Å². The molecule has 2 rings (SSSR count). The van der Waals surface area contributed by atoms with Crippen molar-refractivity contribution in [2.45, 2.75) is 33.4 Å². The maximum absolute atomic E-state index is 13.4. The van der Waals surface area contributed by atoms with Crippen molar-refractivity contribution < 1.29 is 18.0 Å². The normalized spacial score (nSPS) is 12.2. The molecule has 0 bridgehead atoms. The van der Waals surface area contributed by atoms with E-state index in [9.17, 15) is 18.0 Å². The first kappa shape index (κ1) is 26.0. The molecule has 0 aromatic heterocycles. The Balaban J connectivity index is 2.44. The van der Waals surface area contributed by atoms with Crippen LogP contribution in [0.5, 0.6) is 0 Å². The number of halogens is 2. The Labute approximate surface area is 199 Å². The molecule has 0 fully saturated rings. The van der Waals surface area contributed by atoms with Crippen LogP contribution in [0.3, 0.4) is 0 Å². The molecule has 0 saturated carbocycles. The van der Waals surface area contributed by atoms with E-state index < -0.39 is 28.5 Å². The van der Waals surface area contributed by atoms with Gasteiger partial charge < -0.3 is 10.2 Å². The van der Waals surface area contributed by atoms with Crippen molar-refractivity contribution in [3.8, 4) is 0 Å². The number of carbonyl (C=O) groups excluding carboxylic acids is 2. The molecule has 0 spiro atoms. The summed E-state index contributed by atoms with van der Waals surface area (Å²) in [5.74, 6) is -0.933. The van der Waals surface area contributed by atoms with Crippen LogP contribution in [-0.4, -0.2) is 51.0 Å². The summed E-state index contributed by atoms with van der Waals surface area (Å²) in [4.78, 5) is 27.0. The van der Waals surface area contributed by atoms with Gasteiger partial charge in [0.05, 0.1) is 11.9 Å². The summed E-state index contributed by atoms with van der Waals surface area (Å²) in [6, 6.07) is 9.29. The van der Waals surface area contributed by atoms with Crippen molar-refractivity contribution in [3.63, 3.8) is 0 Å². The number of anilines is 1. The van der Waals surface area contributed by atoms with Gasteiger partial charge in [-0.2, -0.15) is 0 Å². The third-order valence-electron chi connectivity index (χ3n) is 4.94. The first-order valence-electron chi connectivity index (χ1n) is 9.84. The van der Waals surface area contributed by atoms with Gasteiger partial charge >= 0.3 is 0 Å². The zero-order valence-electron chi connectivity index (χ0n) is 18.6. The fraction of sp³-hybridized carbons (Fsp3) is 0.364. The maximum Gasteiger partial charge on any atom is 0.244 e. The average molecular weight is 500 g/mol. The van der Waals surface area contributed by atoms with Crippen molar-refractivity contribution in [3.05, 3.63) is 63.1 Å². The lowest BCUT2D eigenvalue weighted by atomic mass is 10.1. The van der Waals surface area contributed by atoms with Gasteiger partial charge in [-0.3, -0.25) is 13.9 Å². The van der Waals surface area contributed by atoms with E-state index in [2.05, 4.69) is 5.32 Å². The minimum absolute atomic E-state index is 0.00781. The van der Waals surface area contributed by atoms with Crippen molar-refractivity contribution >= 4 is 50.7 Å². The number of rotatable bonds is 8. The molecule has 1 atom stereocenters. The lowest BCUT2D eigenvalue weighted by Gasteiger charge is -2.31. The largest absolute Gasteiger partial charge is 0.357 e. The van der Waals surface area contributed by atoms with Gasteiger partial charge in [-0.1, -0.05) is 35.3 Å². The van der Waals surface area contributed by atoms with Crippen LogP contribution in [0, 0.1) is 13.8 Å². The van der Waals surface area contributed by atoms with Gasteiger partial charge in [-0.05, 0) is 61.7 Å². The summed E-state index contributed by atoms with van der Waals surface area (Å²) >= 11 is 12.2. The van der Waals surface area contributed by atoms with Crippen LogP contribution in [0.25, 0.3) is 0 Å². The van der Waals surface area contributed by atoms with Crippen LogP contribution in [-0.2, 0) is 26.2 Å². The molecule has 2 aromatic rings. The first-order chi connectivity index (χ1) is 14.8. The van der Waals surface area contributed by atoms with Crippen LogP contribution in [0.2, 0.25) is 10.0 Å². The number of nitrogens with zero attached hydrogens (tertiary/aromatic N) is 2. The van der Waals surface area contributed by atoms with E-state index >= 15 is 0 Å². The van der Waals surface area contributed by atoms with E-state index in [1.165, 1.54) is 11.9 Å². The molecule has 32 heavy (non-hydrogen) atoms. The van der Waals surface area contributed by atoms with Gasteiger partial charge in [0.2, 0.25) is 21.8 Å². The van der Waals surface area contributed by atoms with Crippen molar-refractivity contribution in [2.24, 2.45) is 0 Å². The molecule has 2 aromatic carbocycles. The fourth-order valence-electron chi connectivity index (χ4n) is 3.33. The SMILES string of the molecule is CNC(=O)[C@@H](C)N(Cc1ccc(Cl)cc1Cl)C(=O)CN(c1cc(C)cc(C)c1)S(C)(=O)=O. The average Bonchev–Trinajstić information content (AvgIpc) is 2.68. The third-order valence-corrected chi connectivity index (χ3v) is 6.67. The molecular weight excluding hydrogens is 473 g/mol. The molecule has 0 aliphatic heterocycles. The lowest BCUT2D eigenvalue weighted by Crippen LogP contribution is -2.50. The maximum atomic E-state index is 13.4. The molecular formula is C22H27Cl2N3O4S. The van der Waals surface area contributed by atoms with Gasteiger partial charge in [0.15, 0.2) is 0 Å². The van der Waals surface area contributed by atoms with Gasteiger partial charge in [-0.15, -0.1) is 0 Å². The van der Waals surface area contributed by atoms with Crippen molar-refractivity contribution in [1.82, 2.24) is 10.2 Å². The molecule has 2 amide bonds. The quantitative estimate of drug-likeness (QED) is 0.601. The van der Waals surface area contributed by atoms with Crippen molar-refractivity contribution in [1.29, 1.82) is 0 Å². The number of sulfonamides is 1. The summed E-state index contributed by atoms with van der Waals surface area (Å²) in [6.07, 6.45) is 1.04. The van der Waals surface area contributed by atoms with E-state index in [0.29, 0.717) is 21.3 Å². The Hall–Kier alpha value is -2.29. The number of amides is 2. The van der Waals surface area contributed by atoms with Crippen LogP contribution >= 0.6 is 23.2 Å². The monoisotopic (exact) mass is 499 g/mol. The zero-order chi connectivity index (χ0) is 24.2. The Bertz CT molecular complexity index is 1100. The molecule has 10 heteroatoms. The minimum Gasteiger partial charge on any atom is -0.357 e. The van der Waals surface area contributed by atoms with Crippen LogP contribution < -0.4 is 9.62 Å². The highest BCUT2D eigenvalue weighted by atomic mass is 35.5. The second-order valence-electron chi connectivity index (χ2n) is 7.66. The standard InChI is InChI=1S/C22H27Cl2N3O4S/c1-14-8-15(2)10-19(9-14)27(32(5,30)31)13-21(28)26(16(3)22(29)25-4)12-17-6-7-18(23)11-20(17)24/h6-11,16H,12-13H2,1-5H3,(H,25,29)/t16-/m1/s1. The molecule has 0 heterocycles. The van der Waals surface area contributed by atoms with Gasteiger partial charge in [0, 0.05) is 23.6 Å². The van der Waals surface area contributed by atoms with Gasteiger partial charge in [0.25, 0.3) is 0 Å².